The fraction of sp³-hybridized carbons (Fsp3) is 0.381. The van der Waals surface area contributed by atoms with Crippen LogP contribution in [0.2, 0.25) is 0 Å². The Morgan fingerprint density at radius 1 is 1.34 bits per heavy atom. The van der Waals surface area contributed by atoms with Gasteiger partial charge in [0.05, 0.1) is 23.5 Å². The van der Waals surface area contributed by atoms with Gasteiger partial charge in [0.15, 0.2) is 0 Å². The molecule has 4 rings (SSSR count). The van der Waals surface area contributed by atoms with Crippen molar-refractivity contribution in [2.24, 2.45) is 0 Å². The molecule has 3 heterocycles. The second-order valence-electron chi connectivity index (χ2n) is 6.97. The van der Waals surface area contributed by atoms with Crippen LogP contribution >= 0.6 is 11.3 Å². The number of hydrogen-bond acceptors (Lipinski definition) is 7. The Morgan fingerprint density at radius 3 is 3.00 bits per heavy atom. The molecular formula is C21H24N4O3S. The predicted octanol–water partition coefficient (Wildman–Crippen LogP) is 3.53. The molecule has 3 aromatic rings. The number of thiophene rings is 1. The van der Waals surface area contributed by atoms with E-state index in [0.29, 0.717) is 23.8 Å². The molecule has 1 amide bonds. The predicted molar refractivity (Wildman–Crippen MR) is 114 cm³/mol. The van der Waals surface area contributed by atoms with Crippen LogP contribution in [-0.4, -0.2) is 42.2 Å². The highest BCUT2D eigenvalue weighted by atomic mass is 32.1. The SMILES string of the molecule is COc1ccccc1CNc1ncnc2sc(C(=O)NC[C@@H]3CCCO3)c(C)c12. The minimum atomic E-state index is -0.0864. The van der Waals surface area contributed by atoms with Gasteiger partial charge in [0.2, 0.25) is 0 Å². The summed E-state index contributed by atoms with van der Waals surface area (Å²) in [6, 6.07) is 7.85. The van der Waals surface area contributed by atoms with Crippen LogP contribution in [-0.2, 0) is 11.3 Å². The Hall–Kier alpha value is -2.71. The van der Waals surface area contributed by atoms with Crippen molar-refractivity contribution in [2.45, 2.75) is 32.4 Å². The summed E-state index contributed by atoms with van der Waals surface area (Å²) in [5.41, 5.74) is 1.92. The number of fused-ring (bicyclic) bond motifs is 1. The molecular weight excluding hydrogens is 388 g/mol. The lowest BCUT2D eigenvalue weighted by atomic mass is 10.1. The van der Waals surface area contributed by atoms with E-state index in [2.05, 4.69) is 20.6 Å². The van der Waals surface area contributed by atoms with E-state index in [0.717, 1.165) is 46.5 Å². The molecule has 8 heteroatoms. The molecule has 1 atom stereocenters. The topological polar surface area (TPSA) is 85.4 Å². The van der Waals surface area contributed by atoms with Gasteiger partial charge in [-0.05, 0) is 31.4 Å². The van der Waals surface area contributed by atoms with Gasteiger partial charge in [-0.3, -0.25) is 4.79 Å². The van der Waals surface area contributed by atoms with Crippen molar-refractivity contribution in [1.82, 2.24) is 15.3 Å². The van der Waals surface area contributed by atoms with E-state index >= 15 is 0 Å². The number of nitrogens with one attached hydrogen (secondary N) is 2. The number of anilines is 1. The van der Waals surface area contributed by atoms with Crippen molar-refractivity contribution in [2.75, 3.05) is 25.6 Å². The van der Waals surface area contributed by atoms with E-state index in [9.17, 15) is 4.79 Å². The number of carbonyl (C=O) groups excluding carboxylic acids is 1. The summed E-state index contributed by atoms with van der Waals surface area (Å²) in [7, 11) is 1.66. The standard InChI is InChI=1S/C21H24N4O3S/c1-13-17-19(22-10-14-6-3-4-8-16(14)27-2)24-12-25-21(17)29-18(13)20(26)23-11-15-7-5-9-28-15/h3-4,6,8,12,15H,5,7,9-11H2,1-2H3,(H,23,26)(H,22,24,25)/t15-/m0/s1. The van der Waals surface area contributed by atoms with Crippen molar-refractivity contribution in [3.05, 3.63) is 46.6 Å². The first kappa shape index (κ1) is 19.6. The van der Waals surface area contributed by atoms with Gasteiger partial charge in [-0.25, -0.2) is 9.97 Å². The maximum Gasteiger partial charge on any atom is 0.261 e. The maximum absolute atomic E-state index is 12.7. The minimum absolute atomic E-state index is 0.0864. The average Bonchev–Trinajstić information content (AvgIpc) is 3.39. The molecule has 0 unspecified atom stereocenters. The molecule has 0 spiro atoms. The van der Waals surface area contributed by atoms with Crippen LogP contribution in [0.1, 0.15) is 33.6 Å². The third kappa shape index (κ3) is 4.18. The van der Waals surface area contributed by atoms with Crippen LogP contribution in [0.15, 0.2) is 30.6 Å². The van der Waals surface area contributed by atoms with E-state index in [1.807, 2.05) is 31.2 Å². The summed E-state index contributed by atoms with van der Waals surface area (Å²) in [5, 5.41) is 7.25. The zero-order chi connectivity index (χ0) is 20.2. The largest absolute Gasteiger partial charge is 0.496 e. The van der Waals surface area contributed by atoms with Crippen molar-refractivity contribution in [1.29, 1.82) is 0 Å². The van der Waals surface area contributed by atoms with Gasteiger partial charge in [-0.2, -0.15) is 0 Å². The lowest BCUT2D eigenvalue weighted by Crippen LogP contribution is -2.31. The lowest BCUT2D eigenvalue weighted by molar-refractivity contribution is 0.0860. The molecule has 1 aliphatic heterocycles. The second-order valence-corrected chi connectivity index (χ2v) is 7.97. The first-order chi connectivity index (χ1) is 14.2. The quantitative estimate of drug-likeness (QED) is 0.618. The van der Waals surface area contributed by atoms with E-state index < -0.39 is 0 Å². The van der Waals surface area contributed by atoms with Crippen molar-refractivity contribution in [3.8, 4) is 5.75 Å². The lowest BCUT2D eigenvalue weighted by Gasteiger charge is -2.11. The highest BCUT2D eigenvalue weighted by Gasteiger charge is 2.21. The number of amides is 1. The molecule has 1 fully saturated rings. The third-order valence-electron chi connectivity index (χ3n) is 5.09. The number of aromatic nitrogens is 2. The van der Waals surface area contributed by atoms with Gasteiger partial charge in [0.25, 0.3) is 5.91 Å². The molecule has 152 valence electrons. The van der Waals surface area contributed by atoms with E-state index in [4.69, 9.17) is 9.47 Å². The molecule has 0 bridgehead atoms. The van der Waals surface area contributed by atoms with Crippen LogP contribution in [0.25, 0.3) is 10.2 Å². The number of methoxy groups -OCH3 is 1. The second kappa shape index (κ2) is 8.75. The van der Waals surface area contributed by atoms with Crippen molar-refractivity contribution in [3.63, 3.8) is 0 Å². The summed E-state index contributed by atoms with van der Waals surface area (Å²) in [6.07, 6.45) is 3.69. The minimum Gasteiger partial charge on any atom is -0.496 e. The van der Waals surface area contributed by atoms with E-state index in [1.165, 1.54) is 17.7 Å². The van der Waals surface area contributed by atoms with Gasteiger partial charge in [-0.1, -0.05) is 18.2 Å². The summed E-state index contributed by atoms with van der Waals surface area (Å²) in [5.74, 6) is 1.45. The van der Waals surface area contributed by atoms with Crippen LogP contribution in [0, 0.1) is 6.92 Å². The fourth-order valence-electron chi connectivity index (χ4n) is 3.54. The van der Waals surface area contributed by atoms with E-state index in [1.54, 1.807) is 7.11 Å². The Morgan fingerprint density at radius 2 is 2.21 bits per heavy atom. The molecule has 29 heavy (non-hydrogen) atoms. The number of carbonyl (C=O) groups is 1. The zero-order valence-electron chi connectivity index (χ0n) is 16.5. The first-order valence-corrected chi connectivity index (χ1v) is 10.5. The fourth-order valence-corrected chi connectivity index (χ4v) is 4.61. The van der Waals surface area contributed by atoms with Crippen molar-refractivity contribution >= 4 is 33.3 Å². The third-order valence-corrected chi connectivity index (χ3v) is 6.28. The molecule has 0 saturated carbocycles. The summed E-state index contributed by atoms with van der Waals surface area (Å²) >= 11 is 1.39. The number of para-hydroxylation sites is 1. The Kier molecular flexibility index (Phi) is 5.92. The molecule has 2 N–H and O–H groups in total. The smallest absolute Gasteiger partial charge is 0.261 e. The zero-order valence-corrected chi connectivity index (χ0v) is 17.3. The van der Waals surface area contributed by atoms with Gasteiger partial charge >= 0.3 is 0 Å². The summed E-state index contributed by atoms with van der Waals surface area (Å²) < 4.78 is 11.0. The van der Waals surface area contributed by atoms with E-state index in [-0.39, 0.29) is 12.0 Å². The maximum atomic E-state index is 12.7. The molecule has 1 aromatic carbocycles. The normalized spacial score (nSPS) is 16.1. The van der Waals surface area contributed by atoms with Crippen LogP contribution in [0.3, 0.4) is 0 Å². The van der Waals surface area contributed by atoms with Crippen LogP contribution in [0.4, 0.5) is 5.82 Å². The number of aryl methyl sites for hydroxylation is 1. The van der Waals surface area contributed by atoms with Gasteiger partial charge in [0, 0.05) is 25.3 Å². The number of benzene rings is 1. The van der Waals surface area contributed by atoms with Crippen molar-refractivity contribution < 1.29 is 14.3 Å². The molecule has 1 saturated heterocycles. The highest BCUT2D eigenvalue weighted by Crippen LogP contribution is 2.33. The van der Waals surface area contributed by atoms with Gasteiger partial charge in [-0.15, -0.1) is 11.3 Å². The number of nitrogens with zero attached hydrogens (tertiary/aromatic N) is 2. The molecule has 1 aliphatic rings. The van der Waals surface area contributed by atoms with Gasteiger partial charge in [0.1, 0.15) is 22.7 Å². The summed E-state index contributed by atoms with van der Waals surface area (Å²) in [4.78, 5) is 23.0. The molecule has 0 radical (unpaired) electrons. The Bertz CT molecular complexity index is 1010. The van der Waals surface area contributed by atoms with Crippen LogP contribution < -0.4 is 15.4 Å². The molecule has 7 nitrogen and oxygen atoms in total. The van der Waals surface area contributed by atoms with Gasteiger partial charge < -0.3 is 20.1 Å². The number of rotatable bonds is 7. The summed E-state index contributed by atoms with van der Waals surface area (Å²) in [6.45, 7) is 3.82. The Labute approximate surface area is 173 Å². The molecule has 0 aliphatic carbocycles. The average molecular weight is 413 g/mol. The first-order valence-electron chi connectivity index (χ1n) is 9.67. The Balaban J connectivity index is 1.54. The monoisotopic (exact) mass is 412 g/mol. The highest BCUT2D eigenvalue weighted by molar-refractivity contribution is 7.20. The number of ether oxygens (including phenoxy) is 2. The molecule has 2 aromatic heterocycles. The number of hydrogen-bond donors (Lipinski definition) is 2. The van der Waals surface area contributed by atoms with Crippen LogP contribution in [0.5, 0.6) is 5.75 Å².